The van der Waals surface area contributed by atoms with Crippen LogP contribution < -0.4 is 10.6 Å². The number of likely N-dealkylation sites (N-methyl/N-ethyl adjacent to an activating group) is 1. The predicted octanol–water partition coefficient (Wildman–Crippen LogP) is 0.795. The summed E-state index contributed by atoms with van der Waals surface area (Å²) in [6, 6.07) is 15.2. The second-order valence-corrected chi connectivity index (χ2v) is 9.98. The average molecular weight is 574 g/mol. The van der Waals surface area contributed by atoms with Crippen LogP contribution in [0.3, 0.4) is 0 Å². The van der Waals surface area contributed by atoms with E-state index in [1.165, 1.54) is 18.1 Å². The monoisotopic (exact) mass is 573 g/mol. The van der Waals surface area contributed by atoms with Crippen molar-refractivity contribution in [2.24, 2.45) is 0 Å². The molecule has 1 aliphatic heterocycles. The Morgan fingerprint density at radius 1 is 1.02 bits per heavy atom. The number of hydrogen-bond acceptors (Lipinski definition) is 7. The number of carbonyl (C=O) groups excluding carboxylic acids is 5. The first-order valence-corrected chi connectivity index (χ1v) is 13.4. The lowest BCUT2D eigenvalue weighted by atomic mass is 10.1. The minimum absolute atomic E-state index is 0.0472. The number of benzene rings is 2. The van der Waals surface area contributed by atoms with E-state index in [0.717, 1.165) is 4.90 Å². The molecule has 4 amide bonds. The molecule has 1 unspecified atom stereocenters. The van der Waals surface area contributed by atoms with Crippen LogP contribution in [0.2, 0.25) is 0 Å². The number of ketones is 1. The number of pyridine rings is 1. The minimum atomic E-state index is -1.23. The van der Waals surface area contributed by atoms with E-state index in [1.54, 1.807) is 60.7 Å². The third-order valence-electron chi connectivity index (χ3n) is 7.02. The molecule has 2 heterocycles. The first-order chi connectivity index (χ1) is 20.2. The van der Waals surface area contributed by atoms with Crippen molar-refractivity contribution in [2.75, 3.05) is 26.7 Å². The Morgan fingerprint density at radius 3 is 2.48 bits per heavy atom. The molecule has 0 radical (unpaired) electrons. The van der Waals surface area contributed by atoms with Crippen LogP contribution in [-0.4, -0.2) is 94.0 Å². The maximum absolute atomic E-state index is 13.1. The van der Waals surface area contributed by atoms with Gasteiger partial charge in [0.25, 0.3) is 11.8 Å². The number of hydrogen-bond donors (Lipinski definition) is 3. The first kappa shape index (κ1) is 29.8. The molecule has 3 N–H and O–H groups in total. The van der Waals surface area contributed by atoms with Crippen LogP contribution in [0.15, 0.2) is 66.9 Å². The van der Waals surface area contributed by atoms with Gasteiger partial charge in [0.2, 0.25) is 17.6 Å². The molecule has 1 fully saturated rings. The largest absolute Gasteiger partial charge is 0.480 e. The predicted molar refractivity (Wildman–Crippen MR) is 151 cm³/mol. The van der Waals surface area contributed by atoms with E-state index >= 15 is 0 Å². The molecule has 4 rings (SSSR count). The van der Waals surface area contributed by atoms with Gasteiger partial charge in [0.1, 0.15) is 12.1 Å². The lowest BCUT2D eigenvalue weighted by Gasteiger charge is -2.25. The van der Waals surface area contributed by atoms with Crippen molar-refractivity contribution < 1.29 is 33.9 Å². The molecule has 0 bridgehead atoms. The molecule has 0 spiro atoms. The van der Waals surface area contributed by atoms with Crippen LogP contribution in [0.25, 0.3) is 10.9 Å². The summed E-state index contributed by atoms with van der Waals surface area (Å²) >= 11 is 0. The van der Waals surface area contributed by atoms with Gasteiger partial charge in [-0.1, -0.05) is 48.5 Å². The highest BCUT2D eigenvalue weighted by Crippen LogP contribution is 2.20. The van der Waals surface area contributed by atoms with Crippen LogP contribution in [-0.2, 0) is 30.4 Å². The van der Waals surface area contributed by atoms with E-state index in [4.69, 9.17) is 0 Å². The van der Waals surface area contributed by atoms with Gasteiger partial charge in [-0.2, -0.15) is 0 Å². The summed E-state index contributed by atoms with van der Waals surface area (Å²) in [5, 5.41) is 15.1. The summed E-state index contributed by atoms with van der Waals surface area (Å²) in [7, 11) is 1.26. The zero-order chi connectivity index (χ0) is 30.2. The number of amides is 4. The highest BCUT2D eigenvalue weighted by molar-refractivity contribution is 6.38. The topological polar surface area (TPSA) is 166 Å². The average Bonchev–Trinajstić information content (AvgIpc) is 3.49. The number of aromatic nitrogens is 1. The van der Waals surface area contributed by atoms with E-state index in [0.29, 0.717) is 28.5 Å². The maximum atomic E-state index is 13.1. The van der Waals surface area contributed by atoms with Gasteiger partial charge in [-0.3, -0.25) is 29.0 Å². The molecule has 1 aromatic heterocycles. The highest BCUT2D eigenvalue weighted by atomic mass is 16.4. The molecular weight excluding hydrogens is 542 g/mol. The highest BCUT2D eigenvalue weighted by Gasteiger charge is 2.38. The number of carboxylic acids is 1. The van der Waals surface area contributed by atoms with Crippen LogP contribution >= 0.6 is 0 Å². The van der Waals surface area contributed by atoms with E-state index in [-0.39, 0.29) is 25.9 Å². The van der Waals surface area contributed by atoms with Gasteiger partial charge < -0.3 is 25.5 Å². The van der Waals surface area contributed by atoms with Gasteiger partial charge in [0.05, 0.1) is 24.2 Å². The van der Waals surface area contributed by atoms with Gasteiger partial charge in [-0.25, -0.2) is 4.79 Å². The Morgan fingerprint density at radius 2 is 1.74 bits per heavy atom. The van der Waals surface area contributed by atoms with Gasteiger partial charge >= 0.3 is 5.97 Å². The van der Waals surface area contributed by atoms with Crippen LogP contribution in [0.4, 0.5) is 0 Å². The van der Waals surface area contributed by atoms with Crippen molar-refractivity contribution in [1.29, 1.82) is 0 Å². The number of likely N-dealkylation sites (tertiary alicyclic amines) is 1. The fourth-order valence-electron chi connectivity index (χ4n) is 4.89. The normalized spacial score (nSPS) is 15.1. The Balaban J connectivity index is 1.31. The Bertz CT molecular complexity index is 1500. The number of rotatable bonds is 11. The zero-order valence-electron chi connectivity index (χ0n) is 23.0. The molecule has 12 nitrogen and oxygen atoms in total. The van der Waals surface area contributed by atoms with E-state index in [9.17, 15) is 33.9 Å². The number of fused-ring (bicyclic) bond motifs is 1. The summed E-state index contributed by atoms with van der Waals surface area (Å²) < 4.78 is 0. The van der Waals surface area contributed by atoms with Crippen molar-refractivity contribution in [2.45, 2.75) is 31.3 Å². The third kappa shape index (κ3) is 7.14. The van der Waals surface area contributed by atoms with E-state index in [2.05, 4.69) is 15.6 Å². The molecule has 1 aliphatic rings. The fraction of sp³-hybridized carbons (Fsp3) is 0.300. The molecule has 2 atom stereocenters. The SMILES string of the molecule is CN(CC(=O)NC(Cc1ccccc1)C(=O)O)C(=O)C(=O)[C@@H]1CCCN1C(=O)CNC(=O)c1ccnc2ccccc12. The van der Waals surface area contributed by atoms with Gasteiger partial charge in [-0.05, 0) is 30.5 Å². The summed E-state index contributed by atoms with van der Waals surface area (Å²) in [5.41, 5.74) is 1.69. The smallest absolute Gasteiger partial charge is 0.326 e. The zero-order valence-corrected chi connectivity index (χ0v) is 23.0. The third-order valence-corrected chi connectivity index (χ3v) is 7.02. The summed E-state index contributed by atoms with van der Waals surface area (Å²) in [6.07, 6.45) is 2.30. The van der Waals surface area contributed by atoms with Crippen molar-refractivity contribution in [1.82, 2.24) is 25.4 Å². The van der Waals surface area contributed by atoms with Gasteiger partial charge in [-0.15, -0.1) is 0 Å². The number of para-hydroxylation sites is 1. The van der Waals surface area contributed by atoms with Crippen molar-refractivity contribution in [3.8, 4) is 0 Å². The van der Waals surface area contributed by atoms with E-state index < -0.39 is 54.0 Å². The van der Waals surface area contributed by atoms with Crippen molar-refractivity contribution in [3.05, 3.63) is 78.0 Å². The molecule has 0 saturated carbocycles. The number of carboxylic acid groups (broad SMARTS) is 1. The summed E-state index contributed by atoms with van der Waals surface area (Å²) in [5.74, 6) is -4.80. The molecule has 218 valence electrons. The maximum Gasteiger partial charge on any atom is 0.326 e. The summed E-state index contributed by atoms with van der Waals surface area (Å²) in [6.45, 7) is -0.677. The minimum Gasteiger partial charge on any atom is -0.480 e. The van der Waals surface area contributed by atoms with Crippen LogP contribution in [0.1, 0.15) is 28.8 Å². The standard InChI is InChI=1S/C30H31N5O7/c1-34(18-25(36)33-23(30(41)42)16-19-8-3-2-4-9-19)29(40)27(38)24-12-7-15-35(24)26(37)17-32-28(39)21-13-14-31-22-11-6-5-10-20(21)22/h2-6,8-11,13-14,23-24H,7,12,15-18H2,1H3,(H,32,39)(H,33,36)(H,41,42)/t23?,24-/m0/s1. The number of Topliss-reactive ketones (excluding diaryl/α,β-unsaturated/α-hetero) is 1. The second kappa shape index (κ2) is 13.5. The molecule has 12 heteroatoms. The van der Waals surface area contributed by atoms with Gasteiger partial charge in [0, 0.05) is 31.6 Å². The number of aliphatic carboxylic acids is 1. The molecule has 1 saturated heterocycles. The van der Waals surface area contributed by atoms with Crippen molar-refractivity contribution in [3.63, 3.8) is 0 Å². The molecular formula is C30H31N5O7. The fourth-order valence-corrected chi connectivity index (χ4v) is 4.89. The second-order valence-electron chi connectivity index (χ2n) is 9.98. The quantitative estimate of drug-likeness (QED) is 0.283. The van der Waals surface area contributed by atoms with E-state index in [1.807, 2.05) is 0 Å². The first-order valence-electron chi connectivity index (χ1n) is 13.4. The number of nitrogens with one attached hydrogen (secondary N) is 2. The van der Waals surface area contributed by atoms with Crippen molar-refractivity contribution >= 4 is 46.3 Å². The lowest BCUT2D eigenvalue weighted by Crippen LogP contribution is -2.52. The van der Waals surface area contributed by atoms with Crippen LogP contribution in [0.5, 0.6) is 0 Å². The molecule has 3 aromatic rings. The molecule has 42 heavy (non-hydrogen) atoms. The molecule has 2 aromatic carbocycles. The number of nitrogens with zero attached hydrogens (tertiary/aromatic N) is 3. The van der Waals surface area contributed by atoms with Crippen LogP contribution in [0, 0.1) is 0 Å². The Labute approximate surface area is 241 Å². The van der Waals surface area contributed by atoms with Gasteiger partial charge in [0.15, 0.2) is 0 Å². The Hall–Kier alpha value is -5.13. The Kier molecular flexibility index (Phi) is 9.58. The number of carbonyl (C=O) groups is 6. The lowest BCUT2D eigenvalue weighted by molar-refractivity contribution is -0.149. The summed E-state index contributed by atoms with van der Waals surface area (Å²) in [4.78, 5) is 82.3. The molecule has 0 aliphatic carbocycles.